The van der Waals surface area contributed by atoms with Crippen LogP contribution in [0.5, 0.6) is 0 Å². The van der Waals surface area contributed by atoms with Crippen molar-refractivity contribution in [3.8, 4) is 11.1 Å². The summed E-state index contributed by atoms with van der Waals surface area (Å²) in [5.74, 6) is 0. The van der Waals surface area contributed by atoms with Crippen LogP contribution in [0.4, 0.5) is 0 Å². The second-order valence-electron chi connectivity index (χ2n) is 6.69. The predicted octanol–water partition coefficient (Wildman–Crippen LogP) is 3.24. The van der Waals surface area contributed by atoms with E-state index in [0.29, 0.717) is 28.3 Å². The largest absolute Gasteiger partial charge is 0.378 e. The van der Waals surface area contributed by atoms with Gasteiger partial charge in [0.1, 0.15) is 5.52 Å². The second kappa shape index (κ2) is 6.14. The number of benzene rings is 1. The molecule has 3 heterocycles. The fourth-order valence-electron chi connectivity index (χ4n) is 3.40. The van der Waals surface area contributed by atoms with Gasteiger partial charge in [0, 0.05) is 24.4 Å². The number of ether oxygens (including phenoxy) is 1. The zero-order valence-corrected chi connectivity index (χ0v) is 15.3. The first kappa shape index (κ1) is 16.4. The monoisotopic (exact) mass is 381 g/mol. The average molecular weight is 382 g/mol. The van der Waals surface area contributed by atoms with Crippen molar-refractivity contribution in [2.24, 2.45) is 0 Å². The molecule has 1 aliphatic rings. The van der Waals surface area contributed by atoms with Gasteiger partial charge in [-0.2, -0.15) is 5.10 Å². The van der Waals surface area contributed by atoms with Gasteiger partial charge in [-0.05, 0) is 36.6 Å². The standard InChI is InChI=1S/C19H16ClN5O2/c1-27-10-14-16(11-2-4-12(20)5-3-11)18-22-21-17-15(25(18)23-14)8-9-24(19(17)26)13-6-7-13/h2-5,8-9,13H,6-7,10H2,1H3. The Morgan fingerprint density at radius 1 is 1.19 bits per heavy atom. The lowest BCUT2D eigenvalue weighted by Crippen LogP contribution is -2.20. The van der Waals surface area contributed by atoms with Gasteiger partial charge in [-0.1, -0.05) is 23.7 Å². The first-order chi connectivity index (χ1) is 13.2. The molecule has 5 rings (SSSR count). The van der Waals surface area contributed by atoms with Crippen LogP contribution >= 0.6 is 11.6 Å². The maximum Gasteiger partial charge on any atom is 0.280 e. The Hall–Kier alpha value is -2.77. The van der Waals surface area contributed by atoms with Crippen LogP contribution in [0, 0.1) is 0 Å². The molecule has 136 valence electrons. The third kappa shape index (κ3) is 2.62. The van der Waals surface area contributed by atoms with E-state index in [1.165, 1.54) is 0 Å². The second-order valence-corrected chi connectivity index (χ2v) is 7.13. The van der Waals surface area contributed by atoms with Crippen LogP contribution in [0.25, 0.3) is 27.8 Å². The highest BCUT2D eigenvalue weighted by Gasteiger charge is 2.26. The van der Waals surface area contributed by atoms with Crippen LogP contribution in [0.1, 0.15) is 24.6 Å². The molecule has 1 fully saturated rings. The Kier molecular flexibility index (Phi) is 3.73. The molecular weight excluding hydrogens is 366 g/mol. The normalized spacial score (nSPS) is 14.3. The van der Waals surface area contributed by atoms with Gasteiger partial charge >= 0.3 is 0 Å². The summed E-state index contributed by atoms with van der Waals surface area (Å²) < 4.78 is 8.74. The molecule has 0 unspecified atom stereocenters. The third-order valence-corrected chi connectivity index (χ3v) is 5.09. The molecule has 0 atom stereocenters. The summed E-state index contributed by atoms with van der Waals surface area (Å²) in [7, 11) is 1.62. The third-order valence-electron chi connectivity index (χ3n) is 4.83. The molecule has 4 aromatic rings. The van der Waals surface area contributed by atoms with E-state index in [1.807, 2.05) is 36.5 Å². The number of nitrogens with zero attached hydrogens (tertiary/aromatic N) is 5. The quantitative estimate of drug-likeness (QED) is 0.542. The van der Waals surface area contributed by atoms with Crippen LogP contribution in [0.3, 0.4) is 0 Å². The summed E-state index contributed by atoms with van der Waals surface area (Å²) >= 11 is 6.02. The molecule has 7 nitrogen and oxygen atoms in total. The van der Waals surface area contributed by atoms with Gasteiger partial charge < -0.3 is 9.30 Å². The van der Waals surface area contributed by atoms with Crippen molar-refractivity contribution in [2.75, 3.05) is 7.11 Å². The van der Waals surface area contributed by atoms with Crippen LogP contribution in [-0.4, -0.2) is 31.5 Å². The Morgan fingerprint density at radius 3 is 2.67 bits per heavy atom. The van der Waals surface area contributed by atoms with Gasteiger partial charge in [0.2, 0.25) is 0 Å². The van der Waals surface area contributed by atoms with E-state index >= 15 is 0 Å². The molecule has 1 saturated carbocycles. The predicted molar refractivity (Wildman–Crippen MR) is 102 cm³/mol. The lowest BCUT2D eigenvalue weighted by atomic mass is 10.1. The van der Waals surface area contributed by atoms with Crippen molar-refractivity contribution < 1.29 is 4.74 Å². The van der Waals surface area contributed by atoms with Gasteiger partial charge in [0.25, 0.3) is 5.56 Å². The smallest absolute Gasteiger partial charge is 0.280 e. The van der Waals surface area contributed by atoms with Gasteiger partial charge in [-0.15, -0.1) is 10.2 Å². The minimum atomic E-state index is -0.124. The molecule has 0 spiro atoms. The molecule has 8 heteroatoms. The summed E-state index contributed by atoms with van der Waals surface area (Å²) in [5, 5.41) is 13.9. The van der Waals surface area contributed by atoms with Crippen LogP contribution in [0.2, 0.25) is 5.02 Å². The highest BCUT2D eigenvalue weighted by molar-refractivity contribution is 6.30. The first-order valence-corrected chi connectivity index (χ1v) is 9.09. The number of methoxy groups -OCH3 is 1. The number of pyridine rings is 1. The Balaban J connectivity index is 1.80. The summed E-state index contributed by atoms with van der Waals surface area (Å²) in [6, 6.07) is 9.63. The molecule has 0 radical (unpaired) electrons. The van der Waals surface area contributed by atoms with Crippen molar-refractivity contribution in [3.63, 3.8) is 0 Å². The van der Waals surface area contributed by atoms with Crippen molar-refractivity contribution >= 4 is 28.3 Å². The van der Waals surface area contributed by atoms with Gasteiger partial charge in [0.05, 0.1) is 17.9 Å². The highest BCUT2D eigenvalue weighted by Crippen LogP contribution is 2.34. The van der Waals surface area contributed by atoms with Crippen molar-refractivity contribution in [1.82, 2.24) is 24.4 Å². The van der Waals surface area contributed by atoms with Gasteiger partial charge in [0.15, 0.2) is 11.2 Å². The zero-order chi connectivity index (χ0) is 18.5. The van der Waals surface area contributed by atoms with E-state index in [-0.39, 0.29) is 11.6 Å². The molecule has 3 aromatic heterocycles. The lowest BCUT2D eigenvalue weighted by molar-refractivity contribution is 0.181. The number of fused-ring (bicyclic) bond motifs is 3. The van der Waals surface area contributed by atoms with Gasteiger partial charge in [-0.3, -0.25) is 4.79 Å². The topological polar surface area (TPSA) is 74.3 Å². The van der Waals surface area contributed by atoms with E-state index in [2.05, 4.69) is 15.3 Å². The van der Waals surface area contributed by atoms with E-state index in [0.717, 1.165) is 29.7 Å². The summed E-state index contributed by atoms with van der Waals surface area (Å²) in [5.41, 5.74) is 3.90. The van der Waals surface area contributed by atoms with Gasteiger partial charge in [-0.25, -0.2) is 4.52 Å². The number of aromatic nitrogens is 5. The molecule has 0 amide bonds. The van der Waals surface area contributed by atoms with Crippen LogP contribution in [0.15, 0.2) is 41.3 Å². The summed E-state index contributed by atoms with van der Waals surface area (Å²) in [4.78, 5) is 12.8. The summed E-state index contributed by atoms with van der Waals surface area (Å²) in [6.07, 6.45) is 3.88. The molecule has 1 aromatic carbocycles. The number of halogens is 1. The maximum atomic E-state index is 12.8. The first-order valence-electron chi connectivity index (χ1n) is 8.71. The molecule has 27 heavy (non-hydrogen) atoms. The average Bonchev–Trinajstić information content (AvgIpc) is 3.44. The van der Waals surface area contributed by atoms with E-state index < -0.39 is 0 Å². The minimum Gasteiger partial charge on any atom is -0.378 e. The Labute approximate surface area is 159 Å². The van der Waals surface area contributed by atoms with Crippen molar-refractivity contribution in [3.05, 3.63) is 57.6 Å². The number of rotatable bonds is 4. The molecule has 0 saturated heterocycles. The molecule has 0 bridgehead atoms. The lowest BCUT2D eigenvalue weighted by Gasteiger charge is -2.05. The molecule has 0 aliphatic heterocycles. The van der Waals surface area contributed by atoms with E-state index in [9.17, 15) is 4.79 Å². The Bertz CT molecular complexity index is 1230. The molecular formula is C19H16ClN5O2. The Morgan fingerprint density at radius 2 is 1.96 bits per heavy atom. The maximum absolute atomic E-state index is 12.8. The summed E-state index contributed by atoms with van der Waals surface area (Å²) in [6.45, 7) is 0.321. The van der Waals surface area contributed by atoms with Crippen molar-refractivity contribution in [1.29, 1.82) is 0 Å². The fourth-order valence-corrected chi connectivity index (χ4v) is 3.52. The SMILES string of the molecule is COCc1nn2c(nnc3c(=O)n(C4CC4)ccc32)c1-c1ccc(Cl)cc1. The van der Waals surface area contributed by atoms with Crippen LogP contribution < -0.4 is 5.56 Å². The van der Waals surface area contributed by atoms with E-state index in [4.69, 9.17) is 16.3 Å². The highest BCUT2D eigenvalue weighted by atomic mass is 35.5. The molecule has 1 aliphatic carbocycles. The van der Waals surface area contributed by atoms with Crippen molar-refractivity contribution in [2.45, 2.75) is 25.5 Å². The molecule has 0 N–H and O–H groups in total. The number of hydrogen-bond acceptors (Lipinski definition) is 5. The number of hydrogen-bond donors (Lipinski definition) is 0. The zero-order valence-electron chi connectivity index (χ0n) is 14.6. The van der Waals surface area contributed by atoms with Crippen LogP contribution in [-0.2, 0) is 11.3 Å². The van der Waals surface area contributed by atoms with E-state index in [1.54, 1.807) is 16.2 Å². The minimum absolute atomic E-state index is 0.124. The fraction of sp³-hybridized carbons (Fsp3) is 0.263.